The number of ether oxygens (including phenoxy) is 1. The van der Waals surface area contributed by atoms with E-state index in [1.165, 1.54) is 4.90 Å². The summed E-state index contributed by atoms with van der Waals surface area (Å²) < 4.78 is 6.87. The number of benzene rings is 1. The van der Waals surface area contributed by atoms with Gasteiger partial charge in [-0.3, -0.25) is 4.90 Å². The number of imidazole rings is 1. The normalized spacial score (nSPS) is 13.7. The van der Waals surface area contributed by atoms with Crippen LogP contribution in [-0.2, 0) is 11.3 Å². The molecule has 8 nitrogen and oxygen atoms in total. The highest BCUT2D eigenvalue weighted by atomic mass is 16.6. The number of amides is 3. The highest BCUT2D eigenvalue weighted by Crippen LogP contribution is 2.22. The van der Waals surface area contributed by atoms with Gasteiger partial charge in [0, 0.05) is 36.9 Å². The number of carbonyl (C=O) groups excluding carboxylic acids is 2. The molecule has 126 valence electrons. The van der Waals surface area contributed by atoms with Crippen LogP contribution in [0.25, 0.3) is 0 Å². The van der Waals surface area contributed by atoms with Gasteiger partial charge in [0.05, 0.1) is 12.9 Å². The highest BCUT2D eigenvalue weighted by Gasteiger charge is 2.23. The van der Waals surface area contributed by atoms with Crippen molar-refractivity contribution in [2.75, 3.05) is 29.9 Å². The van der Waals surface area contributed by atoms with Crippen molar-refractivity contribution in [3.8, 4) is 0 Å². The Hall–Kier alpha value is -3.03. The zero-order valence-corrected chi connectivity index (χ0v) is 13.1. The van der Waals surface area contributed by atoms with Gasteiger partial charge < -0.3 is 19.9 Å². The molecule has 2 heterocycles. The van der Waals surface area contributed by atoms with E-state index in [9.17, 15) is 9.59 Å². The van der Waals surface area contributed by atoms with E-state index in [0.717, 1.165) is 13.0 Å². The lowest BCUT2D eigenvalue weighted by atomic mass is 10.2. The van der Waals surface area contributed by atoms with Gasteiger partial charge in [-0.25, -0.2) is 14.6 Å². The second-order valence-electron chi connectivity index (χ2n) is 5.35. The lowest BCUT2D eigenvalue weighted by Crippen LogP contribution is -2.30. The summed E-state index contributed by atoms with van der Waals surface area (Å²) in [5, 5.41) is 5.57. The Morgan fingerprint density at radius 2 is 2.29 bits per heavy atom. The van der Waals surface area contributed by atoms with Gasteiger partial charge in [0.25, 0.3) is 0 Å². The van der Waals surface area contributed by atoms with Crippen LogP contribution < -0.4 is 15.5 Å². The van der Waals surface area contributed by atoms with Gasteiger partial charge >= 0.3 is 12.1 Å². The molecule has 1 aliphatic heterocycles. The summed E-state index contributed by atoms with van der Waals surface area (Å²) in [6.07, 6.45) is 5.80. The molecule has 24 heavy (non-hydrogen) atoms. The van der Waals surface area contributed by atoms with Gasteiger partial charge in [0.2, 0.25) is 0 Å². The predicted octanol–water partition coefficient (Wildman–Crippen LogP) is 2.05. The largest absolute Gasteiger partial charge is 0.447 e. The summed E-state index contributed by atoms with van der Waals surface area (Å²) in [4.78, 5) is 29.0. The van der Waals surface area contributed by atoms with Gasteiger partial charge in [-0.2, -0.15) is 0 Å². The second kappa shape index (κ2) is 7.49. The van der Waals surface area contributed by atoms with E-state index in [-0.39, 0.29) is 12.1 Å². The van der Waals surface area contributed by atoms with Crippen LogP contribution in [0.1, 0.15) is 6.42 Å². The van der Waals surface area contributed by atoms with Gasteiger partial charge in [0.1, 0.15) is 6.61 Å². The van der Waals surface area contributed by atoms with Crippen LogP contribution in [0.2, 0.25) is 0 Å². The van der Waals surface area contributed by atoms with Crippen molar-refractivity contribution in [1.29, 1.82) is 0 Å². The Kier molecular flexibility index (Phi) is 4.95. The topological polar surface area (TPSA) is 88.5 Å². The van der Waals surface area contributed by atoms with Gasteiger partial charge in [-0.15, -0.1) is 0 Å². The number of hydrogen-bond acceptors (Lipinski definition) is 4. The molecule has 1 saturated heterocycles. The molecule has 0 radical (unpaired) electrons. The van der Waals surface area contributed by atoms with Crippen LogP contribution in [0.15, 0.2) is 43.0 Å². The Balaban J connectivity index is 1.46. The highest BCUT2D eigenvalue weighted by molar-refractivity contribution is 5.93. The minimum atomic E-state index is -0.365. The Morgan fingerprint density at radius 1 is 1.38 bits per heavy atom. The minimum Gasteiger partial charge on any atom is -0.447 e. The zero-order chi connectivity index (χ0) is 16.8. The second-order valence-corrected chi connectivity index (χ2v) is 5.35. The summed E-state index contributed by atoms with van der Waals surface area (Å²) in [6.45, 7) is 2.26. The summed E-state index contributed by atoms with van der Waals surface area (Å²) in [6, 6.07) is 6.84. The first kappa shape index (κ1) is 15.9. The number of hydrogen-bond donors (Lipinski definition) is 2. The summed E-state index contributed by atoms with van der Waals surface area (Å²) in [5.41, 5.74) is 1.33. The van der Waals surface area contributed by atoms with Crippen molar-refractivity contribution in [2.24, 2.45) is 0 Å². The van der Waals surface area contributed by atoms with Crippen molar-refractivity contribution in [3.63, 3.8) is 0 Å². The zero-order valence-electron chi connectivity index (χ0n) is 13.1. The first-order chi connectivity index (χ1) is 11.7. The first-order valence-corrected chi connectivity index (χ1v) is 7.77. The average molecular weight is 329 g/mol. The van der Waals surface area contributed by atoms with E-state index in [4.69, 9.17) is 4.74 Å². The number of nitrogens with one attached hydrogen (secondary N) is 2. The number of urea groups is 1. The number of aryl methyl sites for hydroxylation is 1. The van der Waals surface area contributed by atoms with Crippen LogP contribution in [-0.4, -0.2) is 41.4 Å². The fraction of sp³-hybridized carbons (Fsp3) is 0.312. The smallest absolute Gasteiger partial charge is 0.414 e. The SMILES string of the molecule is O=C(NCCCn1ccnc1)Nc1cccc(N2CCOC2=O)c1. The standard InChI is InChI=1S/C16H19N5O3/c22-15(18-5-2-7-20-8-6-17-12-20)19-13-3-1-4-14(11-13)21-9-10-24-16(21)23/h1,3-4,6,8,11-12H,2,5,7,9-10H2,(H2,18,19,22). The maximum atomic E-state index is 11.9. The Bertz CT molecular complexity index is 701. The Morgan fingerprint density at radius 3 is 3.04 bits per heavy atom. The summed E-state index contributed by atoms with van der Waals surface area (Å²) in [5.74, 6) is 0. The van der Waals surface area contributed by atoms with E-state index >= 15 is 0 Å². The molecular weight excluding hydrogens is 310 g/mol. The van der Waals surface area contributed by atoms with Gasteiger partial charge in [0.15, 0.2) is 0 Å². The maximum absolute atomic E-state index is 11.9. The van der Waals surface area contributed by atoms with Gasteiger partial charge in [-0.1, -0.05) is 6.07 Å². The number of anilines is 2. The number of carbonyl (C=O) groups is 2. The monoisotopic (exact) mass is 329 g/mol. The molecule has 1 fully saturated rings. The molecule has 0 saturated carbocycles. The maximum Gasteiger partial charge on any atom is 0.414 e. The molecule has 2 N–H and O–H groups in total. The third-order valence-electron chi connectivity index (χ3n) is 3.61. The molecule has 1 aromatic carbocycles. The first-order valence-electron chi connectivity index (χ1n) is 7.77. The molecule has 0 spiro atoms. The molecule has 8 heteroatoms. The molecule has 3 amide bonds. The quantitative estimate of drug-likeness (QED) is 0.794. The van der Waals surface area contributed by atoms with E-state index in [0.29, 0.717) is 31.1 Å². The van der Waals surface area contributed by atoms with E-state index < -0.39 is 0 Å². The molecule has 1 aromatic heterocycles. The van der Waals surface area contributed by atoms with E-state index in [1.54, 1.807) is 36.8 Å². The fourth-order valence-electron chi connectivity index (χ4n) is 2.44. The van der Waals surface area contributed by atoms with E-state index in [1.807, 2.05) is 10.8 Å². The minimum absolute atomic E-state index is 0.276. The van der Waals surface area contributed by atoms with Crippen molar-refractivity contribution in [1.82, 2.24) is 14.9 Å². The molecule has 3 rings (SSSR count). The molecule has 0 unspecified atom stereocenters. The van der Waals surface area contributed by atoms with Crippen molar-refractivity contribution >= 4 is 23.5 Å². The summed E-state index contributed by atoms with van der Waals surface area (Å²) >= 11 is 0. The number of cyclic esters (lactones) is 1. The predicted molar refractivity (Wildman–Crippen MR) is 89.0 cm³/mol. The number of nitrogens with zero attached hydrogens (tertiary/aromatic N) is 3. The van der Waals surface area contributed by atoms with Crippen LogP contribution in [0.4, 0.5) is 21.0 Å². The molecule has 1 aliphatic rings. The Labute approximate surface area is 139 Å². The lowest BCUT2D eigenvalue weighted by molar-refractivity contribution is 0.181. The van der Waals surface area contributed by atoms with Crippen LogP contribution >= 0.6 is 0 Å². The van der Waals surface area contributed by atoms with Gasteiger partial charge in [-0.05, 0) is 24.6 Å². The van der Waals surface area contributed by atoms with Crippen molar-refractivity contribution in [2.45, 2.75) is 13.0 Å². The molecular formula is C16H19N5O3. The fourth-order valence-corrected chi connectivity index (χ4v) is 2.44. The number of rotatable bonds is 6. The lowest BCUT2D eigenvalue weighted by Gasteiger charge is -2.14. The van der Waals surface area contributed by atoms with Crippen molar-refractivity contribution < 1.29 is 14.3 Å². The van der Waals surface area contributed by atoms with Crippen molar-refractivity contribution in [3.05, 3.63) is 43.0 Å². The number of aromatic nitrogens is 2. The summed E-state index contributed by atoms with van der Waals surface area (Å²) in [7, 11) is 0. The van der Waals surface area contributed by atoms with Crippen LogP contribution in [0.5, 0.6) is 0 Å². The molecule has 2 aromatic rings. The van der Waals surface area contributed by atoms with Crippen LogP contribution in [0, 0.1) is 0 Å². The third-order valence-corrected chi connectivity index (χ3v) is 3.61. The third kappa shape index (κ3) is 4.03. The average Bonchev–Trinajstić information content (AvgIpc) is 3.23. The van der Waals surface area contributed by atoms with Crippen LogP contribution in [0.3, 0.4) is 0 Å². The van der Waals surface area contributed by atoms with E-state index in [2.05, 4.69) is 15.6 Å². The molecule has 0 bridgehead atoms. The molecule has 0 atom stereocenters. The molecule has 0 aliphatic carbocycles.